The summed E-state index contributed by atoms with van der Waals surface area (Å²) in [5.74, 6) is 0. The Morgan fingerprint density at radius 1 is 1.40 bits per heavy atom. The number of ether oxygens (including phenoxy) is 1. The van der Waals surface area contributed by atoms with Crippen molar-refractivity contribution in [2.24, 2.45) is 0 Å². The summed E-state index contributed by atoms with van der Waals surface area (Å²) in [4.78, 5) is 2.49. The van der Waals surface area contributed by atoms with Gasteiger partial charge in [-0.1, -0.05) is 30.7 Å². The predicted molar refractivity (Wildman–Crippen MR) is 84.3 cm³/mol. The van der Waals surface area contributed by atoms with Crippen LogP contribution in [0.3, 0.4) is 0 Å². The van der Waals surface area contributed by atoms with Crippen molar-refractivity contribution >= 4 is 11.6 Å². The van der Waals surface area contributed by atoms with Crippen LogP contribution in [0.25, 0.3) is 0 Å². The molecule has 1 aliphatic heterocycles. The number of hydrogen-bond acceptors (Lipinski definition) is 3. The minimum absolute atomic E-state index is 0.402. The molecule has 2 atom stereocenters. The summed E-state index contributed by atoms with van der Waals surface area (Å²) in [5.41, 5.74) is 1.32. The topological polar surface area (TPSA) is 24.5 Å². The van der Waals surface area contributed by atoms with Crippen LogP contribution >= 0.6 is 11.6 Å². The number of nitrogens with one attached hydrogen (secondary N) is 1. The molecule has 1 aromatic rings. The third kappa shape index (κ3) is 4.45. The van der Waals surface area contributed by atoms with Crippen molar-refractivity contribution < 1.29 is 4.74 Å². The monoisotopic (exact) mass is 296 g/mol. The molecule has 0 bridgehead atoms. The van der Waals surface area contributed by atoms with E-state index in [1.807, 2.05) is 19.2 Å². The third-order valence-electron chi connectivity index (χ3n) is 4.02. The molecule has 0 saturated carbocycles. The minimum atomic E-state index is 0.402. The van der Waals surface area contributed by atoms with Gasteiger partial charge in [-0.25, -0.2) is 0 Å². The average molecular weight is 297 g/mol. The third-order valence-corrected chi connectivity index (χ3v) is 4.27. The molecule has 112 valence electrons. The SMILES string of the molecule is CCNC(CCN1CCC(OC)C1)c1ccc(Cl)cc1. The van der Waals surface area contributed by atoms with Gasteiger partial charge >= 0.3 is 0 Å². The first-order chi connectivity index (χ1) is 9.72. The fourth-order valence-electron chi connectivity index (χ4n) is 2.83. The maximum absolute atomic E-state index is 5.96. The Bertz CT molecular complexity index is 396. The first-order valence-electron chi connectivity index (χ1n) is 7.47. The van der Waals surface area contributed by atoms with Crippen LogP contribution in [0.15, 0.2) is 24.3 Å². The molecule has 2 rings (SSSR count). The Kier molecular flexibility index (Phi) is 6.30. The van der Waals surface area contributed by atoms with Gasteiger partial charge in [-0.3, -0.25) is 0 Å². The number of nitrogens with zero attached hydrogens (tertiary/aromatic N) is 1. The van der Waals surface area contributed by atoms with Crippen molar-refractivity contribution in [1.82, 2.24) is 10.2 Å². The van der Waals surface area contributed by atoms with Crippen LogP contribution in [0.1, 0.15) is 31.4 Å². The number of halogens is 1. The van der Waals surface area contributed by atoms with Gasteiger partial charge in [0, 0.05) is 37.8 Å². The molecule has 1 heterocycles. The van der Waals surface area contributed by atoms with E-state index in [9.17, 15) is 0 Å². The molecular weight excluding hydrogens is 272 g/mol. The molecule has 1 saturated heterocycles. The van der Waals surface area contributed by atoms with Gasteiger partial charge in [0.1, 0.15) is 0 Å². The van der Waals surface area contributed by atoms with Gasteiger partial charge in [0.2, 0.25) is 0 Å². The van der Waals surface area contributed by atoms with Crippen molar-refractivity contribution in [1.29, 1.82) is 0 Å². The van der Waals surface area contributed by atoms with E-state index in [2.05, 4.69) is 29.3 Å². The normalized spacial score (nSPS) is 21.2. The zero-order chi connectivity index (χ0) is 14.4. The van der Waals surface area contributed by atoms with Gasteiger partial charge in [-0.05, 0) is 37.1 Å². The Labute approximate surface area is 127 Å². The highest BCUT2D eigenvalue weighted by Gasteiger charge is 2.22. The van der Waals surface area contributed by atoms with Crippen LogP contribution < -0.4 is 5.32 Å². The lowest BCUT2D eigenvalue weighted by Gasteiger charge is -2.22. The predicted octanol–water partition coefficient (Wildman–Crippen LogP) is 3.10. The summed E-state index contributed by atoms with van der Waals surface area (Å²) in [6, 6.07) is 8.59. The molecule has 1 fully saturated rings. The summed E-state index contributed by atoms with van der Waals surface area (Å²) in [7, 11) is 1.81. The van der Waals surface area contributed by atoms with Gasteiger partial charge in [-0.2, -0.15) is 0 Å². The zero-order valence-corrected chi connectivity index (χ0v) is 13.2. The molecule has 1 aliphatic rings. The van der Waals surface area contributed by atoms with E-state index in [0.29, 0.717) is 12.1 Å². The molecular formula is C16H25ClN2O. The van der Waals surface area contributed by atoms with E-state index >= 15 is 0 Å². The van der Waals surface area contributed by atoms with Gasteiger partial charge in [0.25, 0.3) is 0 Å². The van der Waals surface area contributed by atoms with E-state index in [1.54, 1.807) is 0 Å². The second kappa shape index (κ2) is 7.99. The van der Waals surface area contributed by atoms with Crippen molar-refractivity contribution in [2.75, 3.05) is 33.3 Å². The Balaban J connectivity index is 1.88. The summed E-state index contributed by atoms with van der Waals surface area (Å²) in [5, 5.41) is 4.36. The lowest BCUT2D eigenvalue weighted by molar-refractivity contribution is 0.107. The van der Waals surface area contributed by atoms with E-state index in [4.69, 9.17) is 16.3 Å². The van der Waals surface area contributed by atoms with Crippen molar-refractivity contribution in [2.45, 2.75) is 31.9 Å². The number of methoxy groups -OCH3 is 1. The molecule has 0 aliphatic carbocycles. The van der Waals surface area contributed by atoms with Crippen molar-refractivity contribution in [3.63, 3.8) is 0 Å². The van der Waals surface area contributed by atoms with E-state index in [-0.39, 0.29) is 0 Å². The molecule has 0 spiro atoms. The largest absolute Gasteiger partial charge is 0.380 e. The van der Waals surface area contributed by atoms with Crippen LogP contribution in [0.5, 0.6) is 0 Å². The van der Waals surface area contributed by atoms with E-state index in [1.165, 1.54) is 5.56 Å². The zero-order valence-electron chi connectivity index (χ0n) is 12.4. The highest BCUT2D eigenvalue weighted by molar-refractivity contribution is 6.30. The second-order valence-electron chi connectivity index (χ2n) is 5.40. The maximum Gasteiger partial charge on any atom is 0.0710 e. The highest BCUT2D eigenvalue weighted by atomic mass is 35.5. The summed E-state index contributed by atoms with van der Waals surface area (Å²) in [6.07, 6.45) is 2.69. The fourth-order valence-corrected chi connectivity index (χ4v) is 2.96. The summed E-state index contributed by atoms with van der Waals surface area (Å²) in [6.45, 7) is 6.46. The fraction of sp³-hybridized carbons (Fsp3) is 0.625. The standard InChI is InChI=1S/C16H25ClN2O/c1-3-18-16(13-4-6-14(17)7-5-13)9-11-19-10-8-15(12-19)20-2/h4-7,15-16,18H,3,8-12H2,1-2H3. The molecule has 2 unspecified atom stereocenters. The van der Waals surface area contributed by atoms with Gasteiger partial charge in [0.15, 0.2) is 0 Å². The molecule has 1 N–H and O–H groups in total. The van der Waals surface area contributed by atoms with Crippen LogP contribution in [-0.4, -0.2) is 44.3 Å². The van der Waals surface area contributed by atoms with Crippen LogP contribution in [0.2, 0.25) is 5.02 Å². The van der Waals surface area contributed by atoms with Crippen molar-refractivity contribution in [3.8, 4) is 0 Å². The minimum Gasteiger partial charge on any atom is -0.380 e. The molecule has 3 nitrogen and oxygen atoms in total. The first kappa shape index (κ1) is 15.8. The van der Waals surface area contributed by atoms with Gasteiger partial charge < -0.3 is 15.0 Å². The van der Waals surface area contributed by atoms with E-state index in [0.717, 1.165) is 44.0 Å². The van der Waals surface area contributed by atoms with E-state index < -0.39 is 0 Å². The molecule has 0 aromatic heterocycles. The molecule has 1 aromatic carbocycles. The number of hydrogen-bond donors (Lipinski definition) is 1. The smallest absolute Gasteiger partial charge is 0.0710 e. The lowest BCUT2D eigenvalue weighted by atomic mass is 10.0. The van der Waals surface area contributed by atoms with Gasteiger partial charge in [-0.15, -0.1) is 0 Å². The second-order valence-corrected chi connectivity index (χ2v) is 5.83. The number of benzene rings is 1. The van der Waals surface area contributed by atoms with Crippen molar-refractivity contribution in [3.05, 3.63) is 34.9 Å². The average Bonchev–Trinajstić information content (AvgIpc) is 2.92. The Morgan fingerprint density at radius 2 is 2.15 bits per heavy atom. The quantitative estimate of drug-likeness (QED) is 0.837. The summed E-state index contributed by atoms with van der Waals surface area (Å²) < 4.78 is 5.42. The molecule has 4 heteroatoms. The maximum atomic E-state index is 5.96. The highest BCUT2D eigenvalue weighted by Crippen LogP contribution is 2.21. The number of likely N-dealkylation sites (tertiary alicyclic amines) is 1. The summed E-state index contributed by atoms with van der Waals surface area (Å²) >= 11 is 5.96. The lowest BCUT2D eigenvalue weighted by Crippen LogP contribution is -2.29. The Hall–Kier alpha value is -0.610. The van der Waals surface area contributed by atoms with Crippen LogP contribution in [-0.2, 0) is 4.74 Å². The van der Waals surface area contributed by atoms with Crippen LogP contribution in [0.4, 0.5) is 0 Å². The molecule has 0 radical (unpaired) electrons. The molecule has 0 amide bonds. The number of rotatable bonds is 7. The van der Waals surface area contributed by atoms with Gasteiger partial charge in [0.05, 0.1) is 6.10 Å². The Morgan fingerprint density at radius 3 is 2.75 bits per heavy atom. The molecule has 20 heavy (non-hydrogen) atoms. The first-order valence-corrected chi connectivity index (χ1v) is 7.84. The van der Waals surface area contributed by atoms with Crippen LogP contribution in [0, 0.1) is 0 Å².